The SMILES string of the molecule is Cc1ccc2c(c1C)OC(C)C(NNc1ncnc3c1ncn3[C@@H]1O[C@H](CO)[C@@H](O)[C@H]1O)C2. The molecule has 1 saturated heterocycles. The summed E-state index contributed by atoms with van der Waals surface area (Å²) in [5.41, 5.74) is 10.9. The molecule has 0 bridgehead atoms. The quantitative estimate of drug-likeness (QED) is 0.341. The number of anilines is 1. The van der Waals surface area contributed by atoms with Crippen LogP contribution in [-0.2, 0) is 11.2 Å². The van der Waals surface area contributed by atoms with Crippen LogP contribution in [0.3, 0.4) is 0 Å². The molecule has 0 aliphatic carbocycles. The monoisotopic (exact) mass is 456 g/mol. The fraction of sp³-hybridized carbons (Fsp3) is 0.500. The van der Waals surface area contributed by atoms with Crippen LogP contribution < -0.4 is 15.6 Å². The molecule has 0 amide bonds. The molecule has 5 rings (SSSR count). The van der Waals surface area contributed by atoms with Crippen molar-refractivity contribution in [3.8, 4) is 5.75 Å². The van der Waals surface area contributed by atoms with E-state index >= 15 is 0 Å². The molecular weight excluding hydrogens is 428 g/mol. The number of aliphatic hydroxyl groups is 3. The number of hydrogen-bond acceptors (Lipinski definition) is 10. The van der Waals surface area contributed by atoms with Gasteiger partial charge in [-0.05, 0) is 43.9 Å². The summed E-state index contributed by atoms with van der Waals surface area (Å²) in [6.07, 6.45) is -0.667. The number of hydrazine groups is 1. The summed E-state index contributed by atoms with van der Waals surface area (Å²) in [5, 5.41) is 29.8. The van der Waals surface area contributed by atoms with Crippen molar-refractivity contribution in [2.45, 2.75) is 63.9 Å². The lowest BCUT2D eigenvalue weighted by Crippen LogP contribution is -2.48. The number of nitrogens with zero attached hydrogens (tertiary/aromatic N) is 4. The molecule has 33 heavy (non-hydrogen) atoms. The molecule has 2 unspecified atom stereocenters. The van der Waals surface area contributed by atoms with Crippen molar-refractivity contribution in [3.63, 3.8) is 0 Å². The number of aromatic nitrogens is 4. The molecule has 1 aromatic carbocycles. The lowest BCUT2D eigenvalue weighted by Gasteiger charge is -2.33. The topological polar surface area (TPSA) is 147 Å². The average molecular weight is 457 g/mol. The fourth-order valence-corrected chi connectivity index (χ4v) is 4.41. The van der Waals surface area contributed by atoms with Gasteiger partial charge in [0.1, 0.15) is 36.5 Å². The van der Waals surface area contributed by atoms with Gasteiger partial charge in [0.2, 0.25) is 0 Å². The minimum Gasteiger partial charge on any atom is -0.488 e. The van der Waals surface area contributed by atoms with E-state index in [4.69, 9.17) is 9.47 Å². The normalized spacial score (nSPS) is 29.2. The Morgan fingerprint density at radius 1 is 1.15 bits per heavy atom. The molecule has 5 N–H and O–H groups in total. The molecule has 0 spiro atoms. The van der Waals surface area contributed by atoms with Crippen LogP contribution in [-0.4, -0.2) is 71.9 Å². The first-order valence-electron chi connectivity index (χ1n) is 11.0. The molecule has 1 fully saturated rings. The summed E-state index contributed by atoms with van der Waals surface area (Å²) in [7, 11) is 0. The molecule has 3 aromatic rings. The van der Waals surface area contributed by atoms with Crippen molar-refractivity contribution in [3.05, 3.63) is 41.5 Å². The highest BCUT2D eigenvalue weighted by Crippen LogP contribution is 2.34. The number of rotatable bonds is 5. The summed E-state index contributed by atoms with van der Waals surface area (Å²) in [6, 6.07) is 4.20. The number of hydrogen-bond donors (Lipinski definition) is 5. The van der Waals surface area contributed by atoms with Gasteiger partial charge in [0.05, 0.1) is 19.0 Å². The van der Waals surface area contributed by atoms with Gasteiger partial charge in [0, 0.05) is 0 Å². The zero-order valence-corrected chi connectivity index (χ0v) is 18.6. The Labute approximate surface area is 190 Å². The summed E-state index contributed by atoms with van der Waals surface area (Å²) in [6.45, 7) is 5.77. The van der Waals surface area contributed by atoms with Crippen molar-refractivity contribution >= 4 is 17.0 Å². The standard InChI is InChI=1S/C22H28N6O5/c1-10-4-5-13-6-14(12(3)32-19(13)11(10)2)26-27-20-16-21(24-8-23-20)28(9-25-16)22-18(31)17(30)15(7-29)33-22/h4-5,8-9,12,14-15,17-18,22,26,29-31H,6-7H2,1-3H3,(H,23,24,27)/t12?,14?,15-,17-,18-,22-/m1/s1. The van der Waals surface area contributed by atoms with Gasteiger partial charge >= 0.3 is 0 Å². The van der Waals surface area contributed by atoms with Crippen LogP contribution in [0, 0.1) is 13.8 Å². The van der Waals surface area contributed by atoms with Crippen molar-refractivity contribution in [1.29, 1.82) is 0 Å². The summed E-state index contributed by atoms with van der Waals surface area (Å²) in [4.78, 5) is 13.0. The summed E-state index contributed by atoms with van der Waals surface area (Å²) < 4.78 is 13.3. The Kier molecular flexibility index (Phi) is 5.67. The Morgan fingerprint density at radius 3 is 2.73 bits per heavy atom. The third-order valence-corrected chi connectivity index (χ3v) is 6.59. The Hall–Kier alpha value is -2.83. The third-order valence-electron chi connectivity index (χ3n) is 6.59. The van der Waals surface area contributed by atoms with Crippen LogP contribution >= 0.6 is 0 Å². The van der Waals surface area contributed by atoms with Crippen LogP contribution in [0.4, 0.5) is 5.82 Å². The first kappa shape index (κ1) is 22.0. The van der Waals surface area contributed by atoms with E-state index in [-0.39, 0.29) is 12.1 Å². The molecular formula is C22H28N6O5. The molecule has 176 valence electrons. The van der Waals surface area contributed by atoms with Crippen molar-refractivity contribution < 1.29 is 24.8 Å². The van der Waals surface area contributed by atoms with Gasteiger partial charge in [-0.3, -0.25) is 4.57 Å². The van der Waals surface area contributed by atoms with E-state index in [9.17, 15) is 15.3 Å². The minimum atomic E-state index is -1.23. The van der Waals surface area contributed by atoms with Crippen LogP contribution in [0.2, 0.25) is 0 Å². The van der Waals surface area contributed by atoms with Gasteiger partial charge in [-0.15, -0.1) is 0 Å². The second-order valence-corrected chi connectivity index (χ2v) is 8.67. The van der Waals surface area contributed by atoms with Crippen LogP contribution in [0.15, 0.2) is 24.8 Å². The molecule has 11 heteroatoms. The second kappa shape index (κ2) is 8.50. The number of fused-ring (bicyclic) bond motifs is 2. The highest BCUT2D eigenvalue weighted by atomic mass is 16.6. The van der Waals surface area contributed by atoms with E-state index in [0.29, 0.717) is 17.0 Å². The fourth-order valence-electron chi connectivity index (χ4n) is 4.41. The Morgan fingerprint density at radius 2 is 1.97 bits per heavy atom. The third kappa shape index (κ3) is 3.71. The van der Waals surface area contributed by atoms with Crippen molar-refractivity contribution in [1.82, 2.24) is 24.9 Å². The van der Waals surface area contributed by atoms with E-state index in [1.165, 1.54) is 28.3 Å². The predicted molar refractivity (Wildman–Crippen MR) is 119 cm³/mol. The Bertz CT molecular complexity index is 1170. The van der Waals surface area contributed by atoms with E-state index in [2.05, 4.69) is 51.8 Å². The van der Waals surface area contributed by atoms with Gasteiger partial charge in [-0.1, -0.05) is 12.1 Å². The molecule has 0 radical (unpaired) electrons. The largest absolute Gasteiger partial charge is 0.488 e. The van der Waals surface area contributed by atoms with Gasteiger partial charge in [-0.25, -0.2) is 20.4 Å². The molecule has 0 saturated carbocycles. The lowest BCUT2D eigenvalue weighted by atomic mass is 9.94. The zero-order valence-electron chi connectivity index (χ0n) is 18.6. The summed E-state index contributed by atoms with van der Waals surface area (Å²) >= 11 is 0. The lowest BCUT2D eigenvalue weighted by molar-refractivity contribution is -0.0511. The maximum atomic E-state index is 10.4. The van der Waals surface area contributed by atoms with E-state index in [0.717, 1.165) is 17.7 Å². The number of aryl methyl sites for hydroxylation is 1. The zero-order chi connectivity index (χ0) is 23.3. The van der Waals surface area contributed by atoms with Gasteiger partial charge < -0.3 is 30.2 Å². The van der Waals surface area contributed by atoms with Gasteiger partial charge in [-0.2, -0.15) is 0 Å². The minimum absolute atomic E-state index is 0.00726. The van der Waals surface area contributed by atoms with E-state index in [1.807, 2.05) is 6.92 Å². The molecule has 2 aliphatic heterocycles. The predicted octanol–water partition coefficient (Wildman–Crippen LogP) is 0.363. The smallest absolute Gasteiger partial charge is 0.171 e. The number of ether oxygens (including phenoxy) is 2. The van der Waals surface area contributed by atoms with Crippen LogP contribution in [0.25, 0.3) is 11.2 Å². The number of imidazole rings is 1. The van der Waals surface area contributed by atoms with Crippen molar-refractivity contribution in [2.24, 2.45) is 0 Å². The maximum absolute atomic E-state index is 10.4. The first-order valence-corrected chi connectivity index (χ1v) is 11.0. The van der Waals surface area contributed by atoms with Crippen molar-refractivity contribution in [2.75, 3.05) is 12.0 Å². The molecule has 4 heterocycles. The highest BCUT2D eigenvalue weighted by molar-refractivity contribution is 5.82. The van der Waals surface area contributed by atoms with E-state index < -0.39 is 31.1 Å². The number of aliphatic hydroxyl groups excluding tert-OH is 3. The first-order chi connectivity index (χ1) is 15.9. The summed E-state index contributed by atoms with van der Waals surface area (Å²) in [5.74, 6) is 1.42. The molecule has 2 aliphatic rings. The molecule has 2 aromatic heterocycles. The highest BCUT2D eigenvalue weighted by Gasteiger charge is 2.44. The molecule has 11 nitrogen and oxygen atoms in total. The average Bonchev–Trinajstić information content (AvgIpc) is 3.36. The van der Waals surface area contributed by atoms with Gasteiger partial charge in [0.15, 0.2) is 23.2 Å². The second-order valence-electron chi connectivity index (χ2n) is 8.67. The van der Waals surface area contributed by atoms with Crippen LogP contribution in [0.5, 0.6) is 5.75 Å². The van der Waals surface area contributed by atoms with Gasteiger partial charge in [0.25, 0.3) is 0 Å². The number of nitrogens with one attached hydrogen (secondary N) is 2. The Balaban J connectivity index is 1.35. The number of benzene rings is 1. The van der Waals surface area contributed by atoms with Crippen LogP contribution in [0.1, 0.15) is 29.8 Å². The maximum Gasteiger partial charge on any atom is 0.171 e. The molecule has 6 atom stereocenters. The van der Waals surface area contributed by atoms with E-state index in [1.54, 1.807) is 0 Å².